The monoisotopic (exact) mass is 313 g/mol. The lowest BCUT2D eigenvalue weighted by Gasteiger charge is -2.17. The van der Waals surface area contributed by atoms with E-state index in [-0.39, 0.29) is 18.6 Å². The van der Waals surface area contributed by atoms with E-state index in [1.165, 1.54) is 77.0 Å². The molecule has 0 radical (unpaired) electrons. The van der Waals surface area contributed by atoms with Gasteiger partial charge in [0.25, 0.3) is 0 Å². The van der Waals surface area contributed by atoms with Crippen molar-refractivity contribution in [2.75, 3.05) is 6.54 Å². The average Bonchev–Trinajstić information content (AvgIpc) is 2.53. The number of rotatable bonds is 16. The molecule has 0 unspecified atom stereocenters. The lowest BCUT2D eigenvalue weighted by atomic mass is 10.0. The molecule has 0 aliphatic heterocycles. The number of unbranched alkanes of at least 4 members (excludes halogenated alkanes) is 10. The van der Waals surface area contributed by atoms with Crippen molar-refractivity contribution in [3.05, 3.63) is 0 Å². The first kappa shape index (κ1) is 21.4. The van der Waals surface area contributed by atoms with Crippen LogP contribution in [0.5, 0.6) is 0 Å². The number of ether oxygens (including phenoxy) is 1. The first-order valence-corrected chi connectivity index (χ1v) is 9.64. The highest BCUT2D eigenvalue weighted by Crippen LogP contribution is 2.16. The van der Waals surface area contributed by atoms with E-state index in [2.05, 4.69) is 13.8 Å². The SMILES string of the molecule is CCCCCCCCC(CCCCCCCC)OC(=O)CN. The van der Waals surface area contributed by atoms with Gasteiger partial charge in [0.2, 0.25) is 0 Å². The molecule has 0 saturated heterocycles. The molecule has 22 heavy (non-hydrogen) atoms. The second-order valence-electron chi connectivity index (χ2n) is 6.43. The molecule has 0 saturated carbocycles. The largest absolute Gasteiger partial charge is 0.461 e. The Kier molecular flexibility index (Phi) is 16.4. The van der Waals surface area contributed by atoms with Gasteiger partial charge in [-0.3, -0.25) is 4.79 Å². The van der Waals surface area contributed by atoms with Crippen LogP contribution in [0.2, 0.25) is 0 Å². The summed E-state index contributed by atoms with van der Waals surface area (Å²) in [6.07, 6.45) is 17.5. The zero-order valence-electron chi connectivity index (χ0n) is 15.1. The van der Waals surface area contributed by atoms with Crippen molar-refractivity contribution in [1.29, 1.82) is 0 Å². The zero-order chi connectivity index (χ0) is 16.5. The summed E-state index contributed by atoms with van der Waals surface area (Å²) in [6.45, 7) is 4.48. The van der Waals surface area contributed by atoms with Crippen LogP contribution in [0.3, 0.4) is 0 Å². The van der Waals surface area contributed by atoms with E-state index in [9.17, 15) is 4.79 Å². The van der Waals surface area contributed by atoms with E-state index in [1.807, 2.05) is 0 Å². The number of esters is 1. The van der Waals surface area contributed by atoms with Gasteiger partial charge in [-0.2, -0.15) is 0 Å². The van der Waals surface area contributed by atoms with E-state index in [0.29, 0.717) is 0 Å². The summed E-state index contributed by atoms with van der Waals surface area (Å²) >= 11 is 0. The first-order valence-electron chi connectivity index (χ1n) is 9.64. The summed E-state index contributed by atoms with van der Waals surface area (Å²) in [6, 6.07) is 0. The smallest absolute Gasteiger partial charge is 0.319 e. The summed E-state index contributed by atoms with van der Waals surface area (Å²) in [5.74, 6) is -0.248. The quantitative estimate of drug-likeness (QED) is 0.308. The molecule has 0 bridgehead atoms. The normalized spacial score (nSPS) is 11.1. The number of hydrogen-bond donors (Lipinski definition) is 1. The Morgan fingerprint density at radius 3 is 1.59 bits per heavy atom. The predicted octanol–water partition coefficient (Wildman–Crippen LogP) is 5.36. The van der Waals surface area contributed by atoms with Crippen LogP contribution in [-0.4, -0.2) is 18.6 Å². The predicted molar refractivity (Wildman–Crippen MR) is 94.9 cm³/mol. The van der Waals surface area contributed by atoms with Crippen LogP contribution in [-0.2, 0) is 9.53 Å². The molecule has 0 aromatic carbocycles. The van der Waals surface area contributed by atoms with Crippen molar-refractivity contribution in [2.45, 2.75) is 110 Å². The van der Waals surface area contributed by atoms with E-state index in [4.69, 9.17) is 10.5 Å². The second-order valence-corrected chi connectivity index (χ2v) is 6.43. The maximum Gasteiger partial charge on any atom is 0.319 e. The van der Waals surface area contributed by atoms with Crippen LogP contribution in [0.4, 0.5) is 0 Å². The second kappa shape index (κ2) is 16.8. The third kappa shape index (κ3) is 14.4. The highest BCUT2D eigenvalue weighted by atomic mass is 16.5. The van der Waals surface area contributed by atoms with Crippen LogP contribution in [0.15, 0.2) is 0 Å². The maximum absolute atomic E-state index is 11.4. The molecule has 0 aromatic rings. The molecule has 0 rings (SSSR count). The molecule has 0 aliphatic rings. The van der Waals surface area contributed by atoms with Crippen LogP contribution in [0.1, 0.15) is 104 Å². The molecule has 0 heterocycles. The van der Waals surface area contributed by atoms with E-state index < -0.39 is 0 Å². The maximum atomic E-state index is 11.4. The first-order chi connectivity index (χ1) is 10.7. The van der Waals surface area contributed by atoms with Gasteiger partial charge in [0, 0.05) is 0 Å². The fourth-order valence-electron chi connectivity index (χ4n) is 2.80. The molecular weight excluding hydrogens is 274 g/mol. The van der Waals surface area contributed by atoms with Crippen molar-refractivity contribution in [3.8, 4) is 0 Å². The van der Waals surface area contributed by atoms with E-state index >= 15 is 0 Å². The van der Waals surface area contributed by atoms with E-state index in [1.54, 1.807) is 0 Å². The number of carbonyl (C=O) groups is 1. The molecule has 0 aromatic heterocycles. The highest BCUT2D eigenvalue weighted by molar-refractivity contribution is 5.71. The molecule has 0 aliphatic carbocycles. The molecule has 2 N–H and O–H groups in total. The zero-order valence-corrected chi connectivity index (χ0v) is 15.1. The standard InChI is InChI=1S/C19H39NO2/c1-3-5-7-9-11-13-15-18(22-19(21)17-20)16-14-12-10-8-6-4-2/h18H,3-17,20H2,1-2H3. The van der Waals surface area contributed by atoms with Crippen molar-refractivity contribution < 1.29 is 9.53 Å². The summed E-state index contributed by atoms with van der Waals surface area (Å²) in [4.78, 5) is 11.4. The molecule has 132 valence electrons. The molecule has 3 nitrogen and oxygen atoms in total. The fraction of sp³-hybridized carbons (Fsp3) is 0.947. The number of carbonyl (C=O) groups excluding carboxylic acids is 1. The summed E-state index contributed by atoms with van der Waals surface area (Å²) in [5.41, 5.74) is 5.37. The van der Waals surface area contributed by atoms with Gasteiger partial charge in [-0.25, -0.2) is 0 Å². The number of nitrogens with two attached hydrogens (primary N) is 1. The van der Waals surface area contributed by atoms with Crippen LogP contribution >= 0.6 is 0 Å². The van der Waals surface area contributed by atoms with Gasteiger partial charge >= 0.3 is 5.97 Å². The Hall–Kier alpha value is -0.570. The fourth-order valence-corrected chi connectivity index (χ4v) is 2.80. The Morgan fingerprint density at radius 1 is 0.773 bits per heavy atom. The third-order valence-corrected chi connectivity index (χ3v) is 4.22. The molecule has 0 atom stereocenters. The minimum Gasteiger partial charge on any atom is -0.461 e. The average molecular weight is 314 g/mol. The molecule has 0 fully saturated rings. The summed E-state index contributed by atoms with van der Waals surface area (Å²) < 4.78 is 5.49. The Morgan fingerprint density at radius 2 is 1.18 bits per heavy atom. The minimum atomic E-state index is -0.248. The third-order valence-electron chi connectivity index (χ3n) is 4.22. The minimum absolute atomic E-state index is 0.00347. The van der Waals surface area contributed by atoms with Gasteiger partial charge in [0.1, 0.15) is 6.10 Å². The lowest BCUT2D eigenvalue weighted by molar-refractivity contribution is -0.148. The lowest BCUT2D eigenvalue weighted by Crippen LogP contribution is -2.24. The molecular formula is C19H39NO2. The van der Waals surface area contributed by atoms with Crippen LogP contribution in [0, 0.1) is 0 Å². The van der Waals surface area contributed by atoms with Gasteiger partial charge in [-0.05, 0) is 25.7 Å². The van der Waals surface area contributed by atoms with Crippen molar-refractivity contribution in [1.82, 2.24) is 0 Å². The van der Waals surface area contributed by atoms with Crippen molar-refractivity contribution >= 4 is 5.97 Å². The van der Waals surface area contributed by atoms with E-state index in [0.717, 1.165) is 12.8 Å². The topological polar surface area (TPSA) is 52.3 Å². The number of hydrogen-bond acceptors (Lipinski definition) is 3. The molecule has 0 amide bonds. The summed E-state index contributed by atoms with van der Waals surface area (Å²) in [7, 11) is 0. The van der Waals surface area contributed by atoms with Gasteiger partial charge in [-0.1, -0.05) is 78.1 Å². The van der Waals surface area contributed by atoms with Gasteiger partial charge in [0.15, 0.2) is 0 Å². The Bertz CT molecular complexity index is 228. The Labute approximate surface area is 138 Å². The van der Waals surface area contributed by atoms with Crippen molar-refractivity contribution in [2.24, 2.45) is 5.73 Å². The van der Waals surface area contributed by atoms with Crippen LogP contribution < -0.4 is 5.73 Å². The van der Waals surface area contributed by atoms with Crippen LogP contribution in [0.25, 0.3) is 0 Å². The molecule has 0 spiro atoms. The van der Waals surface area contributed by atoms with Gasteiger partial charge in [0.05, 0.1) is 6.54 Å². The molecule has 3 heteroatoms. The van der Waals surface area contributed by atoms with Crippen molar-refractivity contribution in [3.63, 3.8) is 0 Å². The van der Waals surface area contributed by atoms with Gasteiger partial charge < -0.3 is 10.5 Å². The van der Waals surface area contributed by atoms with Gasteiger partial charge in [-0.15, -0.1) is 0 Å². The Balaban J connectivity index is 3.77. The summed E-state index contributed by atoms with van der Waals surface area (Å²) in [5, 5.41) is 0. The highest BCUT2D eigenvalue weighted by Gasteiger charge is 2.13.